The minimum Gasteiger partial charge on any atom is -0.273 e. The second kappa shape index (κ2) is 6.41. The molecule has 6 heteroatoms. The van der Waals surface area contributed by atoms with Crippen LogP contribution in [0.25, 0.3) is 0 Å². The van der Waals surface area contributed by atoms with E-state index < -0.39 is 5.41 Å². The quantitative estimate of drug-likeness (QED) is 0.797. The Morgan fingerprint density at radius 1 is 1.24 bits per heavy atom. The van der Waals surface area contributed by atoms with Crippen LogP contribution in [0.4, 0.5) is 11.5 Å². The first-order valence-corrected chi connectivity index (χ1v) is 7.29. The van der Waals surface area contributed by atoms with Crippen molar-refractivity contribution in [3.63, 3.8) is 0 Å². The number of hydrogen-bond acceptors (Lipinski definition) is 3. The Labute approximate surface area is 133 Å². The topological polar surface area (TPSA) is 46.1 Å². The zero-order valence-corrected chi connectivity index (χ0v) is 13.3. The fourth-order valence-corrected chi connectivity index (χ4v) is 1.95. The molecule has 21 heavy (non-hydrogen) atoms. The van der Waals surface area contributed by atoms with Gasteiger partial charge < -0.3 is 0 Å². The van der Waals surface area contributed by atoms with Crippen molar-refractivity contribution < 1.29 is 4.79 Å². The van der Waals surface area contributed by atoms with Crippen LogP contribution < -0.4 is 4.90 Å². The lowest BCUT2D eigenvalue weighted by Gasteiger charge is -2.29. The van der Waals surface area contributed by atoms with Gasteiger partial charge in [0.15, 0.2) is 5.82 Å². The highest BCUT2D eigenvalue weighted by Gasteiger charge is 2.33. The Hall–Kier alpha value is -1.65. The van der Waals surface area contributed by atoms with Crippen molar-refractivity contribution in [3.8, 4) is 0 Å². The first kappa shape index (κ1) is 15.7. The summed E-state index contributed by atoms with van der Waals surface area (Å²) in [7, 11) is 0. The van der Waals surface area contributed by atoms with Crippen LogP contribution in [-0.4, -0.2) is 21.8 Å². The largest absolute Gasteiger partial charge is 0.273 e. The lowest BCUT2D eigenvalue weighted by molar-refractivity contribution is -0.124. The van der Waals surface area contributed by atoms with Crippen molar-refractivity contribution in [2.24, 2.45) is 5.41 Å². The SMILES string of the molecule is CC(C)(CCl)C(=O)N(c1ccc(Cl)cc1)c1cnccn1. The van der Waals surface area contributed by atoms with E-state index in [2.05, 4.69) is 9.97 Å². The summed E-state index contributed by atoms with van der Waals surface area (Å²) in [5.41, 5.74) is -0.0540. The smallest absolute Gasteiger partial charge is 0.239 e. The van der Waals surface area contributed by atoms with Gasteiger partial charge in [0.1, 0.15) is 0 Å². The Kier molecular flexibility index (Phi) is 4.80. The van der Waals surface area contributed by atoms with Crippen LogP contribution in [0, 0.1) is 5.41 Å². The number of carbonyl (C=O) groups is 1. The van der Waals surface area contributed by atoms with Crippen molar-refractivity contribution in [2.45, 2.75) is 13.8 Å². The molecule has 0 saturated heterocycles. The van der Waals surface area contributed by atoms with Gasteiger partial charge in [0.05, 0.1) is 17.3 Å². The molecule has 1 aromatic carbocycles. The average molecular weight is 324 g/mol. The number of aromatic nitrogens is 2. The number of benzene rings is 1. The van der Waals surface area contributed by atoms with E-state index in [0.717, 1.165) is 0 Å². The highest BCUT2D eigenvalue weighted by molar-refractivity contribution is 6.30. The van der Waals surface area contributed by atoms with Crippen molar-refractivity contribution in [3.05, 3.63) is 47.9 Å². The number of alkyl halides is 1. The summed E-state index contributed by atoms with van der Waals surface area (Å²) in [5, 5.41) is 0.599. The second-order valence-electron chi connectivity index (χ2n) is 5.20. The fraction of sp³-hybridized carbons (Fsp3) is 0.267. The van der Waals surface area contributed by atoms with Crippen LogP contribution in [0.5, 0.6) is 0 Å². The number of carbonyl (C=O) groups excluding carboxylic acids is 1. The molecule has 0 saturated carbocycles. The molecule has 0 bridgehead atoms. The third kappa shape index (κ3) is 3.52. The predicted molar refractivity (Wildman–Crippen MR) is 85.1 cm³/mol. The molecule has 0 N–H and O–H groups in total. The molecule has 0 fully saturated rings. The summed E-state index contributed by atoms with van der Waals surface area (Å²) in [5.74, 6) is 0.499. The summed E-state index contributed by atoms with van der Waals surface area (Å²) in [6.45, 7) is 3.59. The Morgan fingerprint density at radius 2 is 1.90 bits per heavy atom. The van der Waals surface area contributed by atoms with E-state index in [0.29, 0.717) is 16.5 Å². The molecule has 0 atom stereocenters. The number of anilines is 2. The number of amides is 1. The van der Waals surface area contributed by atoms with Gasteiger partial charge in [0, 0.05) is 23.3 Å². The van der Waals surface area contributed by atoms with Gasteiger partial charge in [-0.2, -0.15) is 0 Å². The highest BCUT2D eigenvalue weighted by atomic mass is 35.5. The Bertz CT molecular complexity index is 615. The maximum Gasteiger partial charge on any atom is 0.239 e. The maximum absolute atomic E-state index is 12.8. The van der Waals surface area contributed by atoms with Crippen LogP contribution in [0.3, 0.4) is 0 Å². The second-order valence-corrected chi connectivity index (χ2v) is 5.90. The summed E-state index contributed by atoms with van der Waals surface area (Å²) < 4.78 is 0. The molecule has 0 aliphatic carbocycles. The predicted octanol–water partition coefficient (Wildman–Crippen LogP) is 4.06. The van der Waals surface area contributed by atoms with Crippen LogP contribution in [-0.2, 0) is 4.79 Å². The van der Waals surface area contributed by atoms with E-state index in [1.807, 2.05) is 0 Å². The Balaban J connectivity index is 2.50. The first-order valence-electron chi connectivity index (χ1n) is 6.38. The van der Waals surface area contributed by atoms with E-state index in [9.17, 15) is 4.79 Å². The zero-order chi connectivity index (χ0) is 15.5. The molecule has 0 radical (unpaired) electrons. The van der Waals surface area contributed by atoms with Gasteiger partial charge in [-0.15, -0.1) is 11.6 Å². The first-order chi connectivity index (χ1) is 9.95. The summed E-state index contributed by atoms with van der Waals surface area (Å²) in [6, 6.07) is 6.97. The number of rotatable bonds is 4. The van der Waals surface area contributed by atoms with Crippen LogP contribution in [0.1, 0.15) is 13.8 Å². The van der Waals surface area contributed by atoms with E-state index in [1.54, 1.807) is 50.5 Å². The van der Waals surface area contributed by atoms with Crippen molar-refractivity contribution in [1.82, 2.24) is 9.97 Å². The third-order valence-corrected chi connectivity index (χ3v) is 3.90. The summed E-state index contributed by atoms with van der Waals surface area (Å²) >= 11 is 11.8. The van der Waals surface area contributed by atoms with Gasteiger partial charge in [-0.25, -0.2) is 4.98 Å². The molecule has 1 heterocycles. The van der Waals surface area contributed by atoms with Crippen molar-refractivity contribution >= 4 is 40.6 Å². The average Bonchev–Trinajstić information content (AvgIpc) is 2.50. The zero-order valence-electron chi connectivity index (χ0n) is 11.8. The molecule has 2 aromatic rings. The van der Waals surface area contributed by atoms with Crippen LogP contribution in [0.2, 0.25) is 5.02 Å². The van der Waals surface area contributed by atoms with E-state index >= 15 is 0 Å². The highest BCUT2D eigenvalue weighted by Crippen LogP contribution is 2.31. The van der Waals surface area contributed by atoms with Gasteiger partial charge in [-0.3, -0.25) is 14.7 Å². The van der Waals surface area contributed by atoms with Crippen molar-refractivity contribution in [2.75, 3.05) is 10.8 Å². The van der Waals surface area contributed by atoms with Crippen molar-refractivity contribution in [1.29, 1.82) is 0 Å². The van der Waals surface area contributed by atoms with Gasteiger partial charge in [-0.05, 0) is 38.1 Å². The molecule has 2 rings (SSSR count). The normalized spacial score (nSPS) is 11.2. The molecule has 0 unspecified atom stereocenters. The van der Waals surface area contributed by atoms with Crippen LogP contribution >= 0.6 is 23.2 Å². The number of halogens is 2. The molecule has 110 valence electrons. The van der Waals surface area contributed by atoms with E-state index in [1.165, 1.54) is 11.1 Å². The molecule has 1 aromatic heterocycles. The fourth-order valence-electron chi connectivity index (χ4n) is 1.71. The lowest BCUT2D eigenvalue weighted by Crippen LogP contribution is -2.39. The molecule has 0 aliphatic heterocycles. The minimum absolute atomic E-state index is 0.152. The molecule has 0 spiro atoms. The number of hydrogen-bond donors (Lipinski definition) is 0. The van der Waals surface area contributed by atoms with E-state index in [-0.39, 0.29) is 11.8 Å². The molecular weight excluding hydrogens is 309 g/mol. The summed E-state index contributed by atoms with van der Waals surface area (Å²) in [4.78, 5) is 22.6. The van der Waals surface area contributed by atoms with Gasteiger partial charge in [0.2, 0.25) is 5.91 Å². The summed E-state index contributed by atoms with van der Waals surface area (Å²) in [6.07, 6.45) is 4.64. The Morgan fingerprint density at radius 3 is 2.43 bits per heavy atom. The minimum atomic E-state index is -0.723. The van der Waals surface area contributed by atoms with E-state index in [4.69, 9.17) is 23.2 Å². The monoisotopic (exact) mass is 323 g/mol. The molecular formula is C15H15Cl2N3O. The molecule has 1 amide bonds. The van der Waals surface area contributed by atoms with Gasteiger partial charge in [-0.1, -0.05) is 11.6 Å². The van der Waals surface area contributed by atoms with Crippen LogP contribution in [0.15, 0.2) is 42.9 Å². The standard InChI is InChI=1S/C15H15Cl2N3O/c1-15(2,10-16)14(21)20(13-9-18-7-8-19-13)12-5-3-11(17)4-6-12/h3-9H,10H2,1-2H3. The maximum atomic E-state index is 12.8. The van der Waals surface area contributed by atoms with Gasteiger partial charge >= 0.3 is 0 Å². The third-order valence-electron chi connectivity index (χ3n) is 2.98. The molecule has 0 aliphatic rings. The van der Waals surface area contributed by atoms with Gasteiger partial charge in [0.25, 0.3) is 0 Å². The lowest BCUT2D eigenvalue weighted by atomic mass is 9.94. The molecule has 4 nitrogen and oxygen atoms in total. The number of nitrogens with zero attached hydrogens (tertiary/aromatic N) is 3.